The molecule has 1 heteroatoms. The second-order valence-corrected chi connectivity index (χ2v) is 7.82. The molecule has 1 aromatic carbocycles. The van der Waals surface area contributed by atoms with E-state index in [0.29, 0.717) is 0 Å². The molecule has 0 heterocycles. The van der Waals surface area contributed by atoms with Crippen LogP contribution >= 0.6 is 0 Å². The van der Waals surface area contributed by atoms with Gasteiger partial charge in [0.15, 0.2) is 0 Å². The van der Waals surface area contributed by atoms with E-state index >= 15 is 0 Å². The summed E-state index contributed by atoms with van der Waals surface area (Å²) in [5.41, 5.74) is 3.36. The van der Waals surface area contributed by atoms with Gasteiger partial charge in [-0.15, -0.1) is 0 Å². The van der Waals surface area contributed by atoms with Crippen molar-refractivity contribution in [1.82, 2.24) is 5.32 Å². The van der Waals surface area contributed by atoms with Gasteiger partial charge in [-0.25, -0.2) is 0 Å². The first-order valence-electron chi connectivity index (χ1n) is 8.99. The molecule has 0 atom stereocenters. The topological polar surface area (TPSA) is 12.0 Å². The number of rotatable bonds is 6. The first-order valence-corrected chi connectivity index (χ1v) is 8.99. The minimum Gasteiger partial charge on any atom is -0.314 e. The standard InChI is InChI=1S/C20H31N/c1-20(2,14-15-21-19-12-13-19)18-10-8-17(9-11-18)16-6-4-3-5-7-16/h8-11,16,19,21H,3-7,12-15H2,1-2H3. The maximum absolute atomic E-state index is 3.65. The van der Waals surface area contributed by atoms with Gasteiger partial charge in [0.25, 0.3) is 0 Å². The predicted molar refractivity (Wildman–Crippen MR) is 90.9 cm³/mol. The van der Waals surface area contributed by atoms with Gasteiger partial charge in [-0.1, -0.05) is 57.4 Å². The maximum Gasteiger partial charge on any atom is 0.00682 e. The van der Waals surface area contributed by atoms with Gasteiger partial charge in [0.1, 0.15) is 0 Å². The zero-order chi connectivity index (χ0) is 14.7. The monoisotopic (exact) mass is 285 g/mol. The van der Waals surface area contributed by atoms with Gasteiger partial charge in [-0.3, -0.25) is 0 Å². The van der Waals surface area contributed by atoms with Crippen molar-refractivity contribution < 1.29 is 0 Å². The van der Waals surface area contributed by atoms with Crippen molar-refractivity contribution >= 4 is 0 Å². The molecule has 2 fully saturated rings. The average Bonchev–Trinajstić information content (AvgIpc) is 3.32. The second-order valence-electron chi connectivity index (χ2n) is 7.82. The SMILES string of the molecule is CC(C)(CCNC1CC1)c1ccc(C2CCCCC2)cc1. The van der Waals surface area contributed by atoms with E-state index in [2.05, 4.69) is 43.4 Å². The minimum absolute atomic E-state index is 0.285. The van der Waals surface area contributed by atoms with Crippen LogP contribution in [0.4, 0.5) is 0 Å². The molecule has 0 unspecified atom stereocenters. The van der Waals surface area contributed by atoms with Gasteiger partial charge in [-0.05, 0) is 61.1 Å². The molecule has 2 aliphatic rings. The fourth-order valence-electron chi connectivity index (χ4n) is 3.66. The number of benzene rings is 1. The molecule has 116 valence electrons. The highest BCUT2D eigenvalue weighted by atomic mass is 14.9. The van der Waals surface area contributed by atoms with Crippen LogP contribution in [0.25, 0.3) is 0 Å². The van der Waals surface area contributed by atoms with Crippen molar-refractivity contribution in [2.75, 3.05) is 6.54 Å². The summed E-state index contributed by atoms with van der Waals surface area (Å²) >= 11 is 0. The Hall–Kier alpha value is -0.820. The Balaban J connectivity index is 1.58. The van der Waals surface area contributed by atoms with Crippen molar-refractivity contribution in [3.05, 3.63) is 35.4 Å². The fraction of sp³-hybridized carbons (Fsp3) is 0.700. The van der Waals surface area contributed by atoms with Crippen LogP contribution in [0, 0.1) is 0 Å². The van der Waals surface area contributed by atoms with Gasteiger partial charge in [0.2, 0.25) is 0 Å². The Morgan fingerprint density at radius 3 is 2.24 bits per heavy atom. The van der Waals surface area contributed by atoms with Gasteiger partial charge in [-0.2, -0.15) is 0 Å². The normalized spacial score (nSPS) is 20.7. The molecule has 1 N–H and O–H groups in total. The molecular formula is C20H31N. The molecule has 21 heavy (non-hydrogen) atoms. The molecule has 0 aromatic heterocycles. The quantitative estimate of drug-likeness (QED) is 0.762. The molecule has 0 spiro atoms. The number of hydrogen-bond acceptors (Lipinski definition) is 1. The lowest BCUT2D eigenvalue weighted by Crippen LogP contribution is -2.26. The summed E-state index contributed by atoms with van der Waals surface area (Å²) in [6, 6.07) is 10.4. The van der Waals surface area contributed by atoms with E-state index in [1.807, 2.05) is 0 Å². The van der Waals surface area contributed by atoms with Crippen LogP contribution in [0.5, 0.6) is 0 Å². The third-order valence-electron chi connectivity index (χ3n) is 5.53. The van der Waals surface area contributed by atoms with Crippen LogP contribution in [0.3, 0.4) is 0 Å². The van der Waals surface area contributed by atoms with Crippen molar-refractivity contribution in [2.45, 2.75) is 82.6 Å². The summed E-state index contributed by atoms with van der Waals surface area (Å²) in [7, 11) is 0. The molecule has 0 radical (unpaired) electrons. The zero-order valence-corrected chi connectivity index (χ0v) is 13.8. The molecule has 0 saturated heterocycles. The van der Waals surface area contributed by atoms with Crippen molar-refractivity contribution in [3.63, 3.8) is 0 Å². The lowest BCUT2D eigenvalue weighted by atomic mass is 9.79. The third-order valence-corrected chi connectivity index (χ3v) is 5.53. The molecule has 2 aliphatic carbocycles. The predicted octanol–water partition coefficient (Wildman–Crippen LogP) is 5.15. The largest absolute Gasteiger partial charge is 0.314 e. The van der Waals surface area contributed by atoms with Crippen molar-refractivity contribution in [2.24, 2.45) is 0 Å². The Kier molecular flexibility index (Phi) is 4.69. The van der Waals surface area contributed by atoms with E-state index < -0.39 is 0 Å². The van der Waals surface area contributed by atoms with Crippen molar-refractivity contribution in [3.8, 4) is 0 Å². The van der Waals surface area contributed by atoms with E-state index in [9.17, 15) is 0 Å². The fourth-order valence-corrected chi connectivity index (χ4v) is 3.66. The number of nitrogens with one attached hydrogen (secondary N) is 1. The molecule has 0 amide bonds. The molecule has 3 rings (SSSR count). The highest BCUT2D eigenvalue weighted by Crippen LogP contribution is 2.34. The van der Waals surface area contributed by atoms with Crippen LogP contribution in [0.15, 0.2) is 24.3 Å². The van der Waals surface area contributed by atoms with E-state index in [1.54, 1.807) is 5.56 Å². The van der Waals surface area contributed by atoms with Crippen LogP contribution in [-0.2, 0) is 5.41 Å². The first kappa shape index (κ1) is 15.1. The van der Waals surface area contributed by atoms with E-state index in [-0.39, 0.29) is 5.41 Å². The Bertz CT molecular complexity index is 435. The Morgan fingerprint density at radius 1 is 0.952 bits per heavy atom. The van der Waals surface area contributed by atoms with Crippen molar-refractivity contribution in [1.29, 1.82) is 0 Å². The summed E-state index contributed by atoms with van der Waals surface area (Å²) in [5, 5.41) is 3.65. The summed E-state index contributed by atoms with van der Waals surface area (Å²) in [6.45, 7) is 5.93. The molecule has 2 saturated carbocycles. The lowest BCUT2D eigenvalue weighted by molar-refractivity contribution is 0.441. The zero-order valence-electron chi connectivity index (χ0n) is 13.8. The highest BCUT2D eigenvalue weighted by molar-refractivity contribution is 5.30. The Morgan fingerprint density at radius 2 is 1.62 bits per heavy atom. The minimum atomic E-state index is 0.285. The maximum atomic E-state index is 3.65. The van der Waals surface area contributed by atoms with Gasteiger partial charge in [0.05, 0.1) is 0 Å². The van der Waals surface area contributed by atoms with Crippen LogP contribution in [0.2, 0.25) is 0 Å². The summed E-state index contributed by atoms with van der Waals surface area (Å²) in [6.07, 6.45) is 11.1. The Labute approximate surface area is 130 Å². The first-order chi connectivity index (χ1) is 10.1. The molecule has 1 nitrogen and oxygen atoms in total. The summed E-state index contributed by atoms with van der Waals surface area (Å²) < 4.78 is 0. The highest BCUT2D eigenvalue weighted by Gasteiger charge is 2.24. The van der Waals surface area contributed by atoms with Gasteiger partial charge in [0, 0.05) is 6.04 Å². The van der Waals surface area contributed by atoms with Gasteiger partial charge < -0.3 is 5.32 Å². The van der Waals surface area contributed by atoms with Gasteiger partial charge >= 0.3 is 0 Å². The second kappa shape index (κ2) is 6.52. The molecule has 0 aliphatic heterocycles. The summed E-state index contributed by atoms with van der Waals surface area (Å²) in [4.78, 5) is 0. The van der Waals surface area contributed by atoms with E-state index in [1.165, 1.54) is 56.9 Å². The molecule has 0 bridgehead atoms. The third kappa shape index (κ3) is 4.10. The molecular weight excluding hydrogens is 254 g/mol. The van der Waals surface area contributed by atoms with Crippen LogP contribution in [-0.4, -0.2) is 12.6 Å². The van der Waals surface area contributed by atoms with Crippen LogP contribution in [0.1, 0.15) is 82.3 Å². The lowest BCUT2D eigenvalue weighted by Gasteiger charge is -2.27. The van der Waals surface area contributed by atoms with E-state index in [4.69, 9.17) is 0 Å². The van der Waals surface area contributed by atoms with Crippen LogP contribution < -0.4 is 5.32 Å². The number of hydrogen-bond donors (Lipinski definition) is 1. The summed E-state index contributed by atoms with van der Waals surface area (Å²) in [5.74, 6) is 0.826. The van der Waals surface area contributed by atoms with E-state index in [0.717, 1.165) is 18.5 Å². The average molecular weight is 285 g/mol. The molecule has 1 aromatic rings. The smallest absolute Gasteiger partial charge is 0.00682 e.